The van der Waals surface area contributed by atoms with Gasteiger partial charge in [0, 0.05) is 5.69 Å². The Balaban J connectivity index is 2.10. The number of halogens is 3. The van der Waals surface area contributed by atoms with E-state index in [-0.39, 0.29) is 5.11 Å². The van der Waals surface area contributed by atoms with Crippen LogP contribution in [0.25, 0.3) is 0 Å². The van der Waals surface area contributed by atoms with E-state index in [9.17, 15) is 4.79 Å². The quantitative estimate of drug-likeness (QED) is 0.361. The van der Waals surface area contributed by atoms with Gasteiger partial charge in [-0.1, -0.05) is 64.6 Å². The topological polar surface area (TPSA) is 62.4 Å². The van der Waals surface area contributed by atoms with Crippen molar-refractivity contribution in [3.05, 3.63) is 59.7 Å². The largest absolute Gasteiger partial charge is 0.496 e. The number of carbonyl (C=O) groups is 1. The van der Waals surface area contributed by atoms with E-state index in [1.54, 1.807) is 24.3 Å². The molecule has 0 aromatic heterocycles. The highest BCUT2D eigenvalue weighted by molar-refractivity contribution is 7.80. The van der Waals surface area contributed by atoms with E-state index < -0.39 is 15.9 Å². The van der Waals surface area contributed by atoms with Crippen molar-refractivity contribution in [2.45, 2.75) is 16.9 Å². The predicted molar refractivity (Wildman–Crippen MR) is 115 cm³/mol. The van der Waals surface area contributed by atoms with Crippen LogP contribution in [-0.2, 0) is 0 Å². The van der Waals surface area contributed by atoms with Gasteiger partial charge in [0.15, 0.2) is 5.11 Å². The minimum atomic E-state index is -1.85. The summed E-state index contributed by atoms with van der Waals surface area (Å²) >= 11 is 23.3. The number of nitrogens with one attached hydrogen (secondary N) is 3. The number of rotatable bonds is 5. The Labute approximate surface area is 178 Å². The number of thiocarbonyl (C=S) groups is 1. The van der Waals surface area contributed by atoms with E-state index in [0.29, 0.717) is 11.3 Å². The zero-order chi connectivity index (χ0) is 20.0. The first-order valence-corrected chi connectivity index (χ1v) is 9.39. The molecule has 0 fully saturated rings. The van der Waals surface area contributed by atoms with Crippen LogP contribution >= 0.6 is 47.0 Å². The molecule has 0 saturated heterocycles. The minimum Gasteiger partial charge on any atom is -0.496 e. The van der Waals surface area contributed by atoms with Crippen LogP contribution in [0.1, 0.15) is 15.9 Å². The maximum atomic E-state index is 12.6. The molecule has 0 aliphatic heterocycles. The van der Waals surface area contributed by atoms with Crippen LogP contribution in [-0.4, -0.2) is 28.1 Å². The van der Waals surface area contributed by atoms with Crippen molar-refractivity contribution < 1.29 is 9.53 Å². The first kappa shape index (κ1) is 21.6. The molecule has 0 spiro atoms. The molecule has 0 heterocycles. The summed E-state index contributed by atoms with van der Waals surface area (Å²) in [5, 5.41) is 8.60. The molecule has 2 aromatic carbocycles. The number of para-hydroxylation sites is 1. The third-order valence-electron chi connectivity index (χ3n) is 3.54. The van der Waals surface area contributed by atoms with Crippen molar-refractivity contribution in [3.63, 3.8) is 0 Å². The molecule has 1 unspecified atom stereocenters. The van der Waals surface area contributed by atoms with E-state index >= 15 is 0 Å². The van der Waals surface area contributed by atoms with Crippen molar-refractivity contribution in [1.29, 1.82) is 0 Å². The Morgan fingerprint density at radius 1 is 1.07 bits per heavy atom. The second kappa shape index (κ2) is 9.46. The fourth-order valence-electron chi connectivity index (χ4n) is 2.18. The van der Waals surface area contributed by atoms with Gasteiger partial charge in [-0.25, -0.2) is 0 Å². The fourth-order valence-corrected chi connectivity index (χ4v) is 2.74. The van der Waals surface area contributed by atoms with Crippen LogP contribution < -0.4 is 20.7 Å². The van der Waals surface area contributed by atoms with Crippen LogP contribution in [0.15, 0.2) is 48.5 Å². The van der Waals surface area contributed by atoms with Gasteiger partial charge in [0.2, 0.25) is 3.79 Å². The minimum absolute atomic E-state index is 0.190. The highest BCUT2D eigenvalue weighted by Gasteiger charge is 2.35. The number of benzene rings is 2. The predicted octanol–water partition coefficient (Wildman–Crippen LogP) is 4.42. The van der Waals surface area contributed by atoms with Crippen LogP contribution in [0.4, 0.5) is 5.69 Å². The van der Waals surface area contributed by atoms with Crippen molar-refractivity contribution in [1.82, 2.24) is 10.6 Å². The summed E-state index contributed by atoms with van der Waals surface area (Å²) in [4.78, 5) is 12.6. The van der Waals surface area contributed by atoms with Gasteiger partial charge < -0.3 is 20.7 Å². The maximum Gasteiger partial charge on any atom is 0.256 e. The molecule has 0 radical (unpaired) electrons. The average molecular weight is 447 g/mol. The van der Waals surface area contributed by atoms with Gasteiger partial charge in [0.05, 0.1) is 12.7 Å². The summed E-state index contributed by atoms with van der Waals surface area (Å²) in [6.45, 7) is 1.98. The molecule has 0 bridgehead atoms. The van der Waals surface area contributed by atoms with Gasteiger partial charge in [0.25, 0.3) is 5.91 Å². The van der Waals surface area contributed by atoms with E-state index in [1.165, 1.54) is 7.11 Å². The smallest absolute Gasteiger partial charge is 0.256 e. The highest BCUT2D eigenvalue weighted by atomic mass is 35.6. The Morgan fingerprint density at radius 2 is 1.70 bits per heavy atom. The number of alkyl halides is 3. The third kappa shape index (κ3) is 6.43. The Hall–Kier alpha value is -1.73. The number of amides is 1. The molecule has 1 amide bonds. The molecule has 9 heteroatoms. The normalized spacial score (nSPS) is 12.0. The zero-order valence-electron chi connectivity index (χ0n) is 14.6. The van der Waals surface area contributed by atoms with E-state index in [2.05, 4.69) is 16.0 Å². The lowest BCUT2D eigenvalue weighted by Crippen LogP contribution is -2.56. The lowest BCUT2D eigenvalue weighted by Gasteiger charge is -2.28. The van der Waals surface area contributed by atoms with E-state index in [0.717, 1.165) is 11.3 Å². The van der Waals surface area contributed by atoms with Crippen LogP contribution in [0, 0.1) is 6.92 Å². The SMILES string of the molecule is COc1ccccc1C(=O)NC(NC(=S)Nc1ccc(C)cc1)C(Cl)(Cl)Cl. The molecule has 5 nitrogen and oxygen atoms in total. The van der Waals surface area contributed by atoms with E-state index in [4.69, 9.17) is 51.8 Å². The van der Waals surface area contributed by atoms with Gasteiger partial charge in [0.1, 0.15) is 11.9 Å². The second-order valence-corrected chi connectivity index (χ2v) is 8.39. The summed E-state index contributed by atoms with van der Waals surface area (Å²) in [6, 6.07) is 14.3. The molecule has 0 aliphatic rings. The van der Waals surface area contributed by atoms with Crippen molar-refractivity contribution in [3.8, 4) is 5.75 Å². The van der Waals surface area contributed by atoms with Crippen molar-refractivity contribution in [2.75, 3.05) is 12.4 Å². The maximum absolute atomic E-state index is 12.6. The fraction of sp³-hybridized carbons (Fsp3) is 0.222. The van der Waals surface area contributed by atoms with Crippen LogP contribution in [0.3, 0.4) is 0 Å². The molecule has 0 saturated carbocycles. The summed E-state index contributed by atoms with van der Waals surface area (Å²) in [5.41, 5.74) is 2.18. The molecule has 0 aliphatic carbocycles. The molecule has 27 heavy (non-hydrogen) atoms. The molecule has 3 N–H and O–H groups in total. The van der Waals surface area contributed by atoms with Crippen LogP contribution in [0.5, 0.6) is 5.75 Å². The van der Waals surface area contributed by atoms with Gasteiger partial charge in [-0.05, 0) is 43.4 Å². The first-order chi connectivity index (χ1) is 12.7. The number of methoxy groups -OCH3 is 1. The zero-order valence-corrected chi connectivity index (χ0v) is 17.6. The molecular weight excluding hydrogens is 429 g/mol. The van der Waals surface area contributed by atoms with Crippen molar-refractivity contribution in [2.24, 2.45) is 0 Å². The standard InChI is InChI=1S/C18H18Cl3N3O2S/c1-11-7-9-12(10-8-11)22-17(27)24-16(18(19,20)21)23-15(25)13-5-3-4-6-14(13)26-2/h3-10,16H,1-2H3,(H,23,25)(H2,22,24,27). The van der Waals surface area contributed by atoms with Gasteiger partial charge in [-0.15, -0.1) is 0 Å². The molecular formula is C18H18Cl3N3O2S. The number of carbonyl (C=O) groups excluding carboxylic acids is 1. The molecule has 2 aromatic rings. The average Bonchev–Trinajstić information content (AvgIpc) is 2.62. The molecule has 1 atom stereocenters. The molecule has 2 rings (SSSR count). The lowest BCUT2D eigenvalue weighted by molar-refractivity contribution is 0.0931. The highest BCUT2D eigenvalue weighted by Crippen LogP contribution is 2.30. The Morgan fingerprint density at radius 3 is 2.30 bits per heavy atom. The van der Waals surface area contributed by atoms with Gasteiger partial charge >= 0.3 is 0 Å². The van der Waals surface area contributed by atoms with Gasteiger partial charge in [-0.3, -0.25) is 4.79 Å². The Kier molecular flexibility index (Phi) is 7.56. The second-order valence-electron chi connectivity index (χ2n) is 5.61. The lowest BCUT2D eigenvalue weighted by atomic mass is 10.2. The third-order valence-corrected chi connectivity index (χ3v) is 4.41. The van der Waals surface area contributed by atoms with Crippen LogP contribution in [0.2, 0.25) is 0 Å². The Bertz CT molecular complexity index is 810. The summed E-state index contributed by atoms with van der Waals surface area (Å²) in [5.74, 6) is -0.0761. The number of anilines is 1. The molecule has 144 valence electrons. The van der Waals surface area contributed by atoms with E-state index in [1.807, 2.05) is 31.2 Å². The number of hydrogen-bond acceptors (Lipinski definition) is 3. The number of aryl methyl sites for hydroxylation is 1. The summed E-state index contributed by atoms with van der Waals surface area (Å²) in [7, 11) is 1.47. The number of ether oxygens (including phenoxy) is 1. The summed E-state index contributed by atoms with van der Waals surface area (Å²) < 4.78 is 3.33. The number of hydrogen-bond donors (Lipinski definition) is 3. The van der Waals surface area contributed by atoms with Crippen molar-refractivity contribution >= 4 is 63.7 Å². The summed E-state index contributed by atoms with van der Waals surface area (Å²) in [6.07, 6.45) is -1.08. The first-order valence-electron chi connectivity index (χ1n) is 7.85. The monoisotopic (exact) mass is 445 g/mol. The van der Waals surface area contributed by atoms with Gasteiger partial charge in [-0.2, -0.15) is 0 Å².